The summed E-state index contributed by atoms with van der Waals surface area (Å²) in [6.45, 7) is 0. The van der Waals surface area contributed by atoms with Gasteiger partial charge in [0.05, 0.1) is 16.7 Å². The number of fused-ring (bicyclic) bond motifs is 6. The van der Waals surface area contributed by atoms with E-state index < -0.39 is 0 Å². The van der Waals surface area contributed by atoms with Crippen LogP contribution in [0, 0.1) is 0 Å². The molecule has 10 aromatic rings. The molecular formula is C45H28N4O. The average molecular weight is 641 g/mol. The third kappa shape index (κ3) is 4.60. The quantitative estimate of drug-likeness (QED) is 0.188. The average Bonchev–Trinajstić information content (AvgIpc) is 3.72. The monoisotopic (exact) mass is 640 g/mol. The number of hydrogen-bond acceptors (Lipinski definition) is 4. The van der Waals surface area contributed by atoms with Crippen LogP contribution in [0.2, 0.25) is 0 Å². The van der Waals surface area contributed by atoms with Crippen molar-refractivity contribution < 1.29 is 4.42 Å². The third-order valence-corrected chi connectivity index (χ3v) is 9.46. The van der Waals surface area contributed by atoms with Gasteiger partial charge in [0.2, 0.25) is 0 Å². The zero-order valence-electron chi connectivity index (χ0n) is 26.9. The zero-order chi connectivity index (χ0) is 33.0. The van der Waals surface area contributed by atoms with E-state index in [-0.39, 0.29) is 0 Å². The van der Waals surface area contributed by atoms with Crippen LogP contribution in [-0.4, -0.2) is 19.5 Å². The molecule has 0 radical (unpaired) electrons. The predicted molar refractivity (Wildman–Crippen MR) is 203 cm³/mol. The van der Waals surface area contributed by atoms with Crippen LogP contribution in [0.3, 0.4) is 0 Å². The van der Waals surface area contributed by atoms with E-state index in [1.54, 1.807) is 0 Å². The van der Waals surface area contributed by atoms with E-state index in [9.17, 15) is 0 Å². The summed E-state index contributed by atoms with van der Waals surface area (Å²) in [4.78, 5) is 15.4. The number of rotatable bonds is 5. The van der Waals surface area contributed by atoms with Gasteiger partial charge in [-0.3, -0.25) is 0 Å². The summed E-state index contributed by atoms with van der Waals surface area (Å²) in [7, 11) is 0. The highest BCUT2D eigenvalue weighted by Gasteiger charge is 2.21. The second-order valence-electron chi connectivity index (χ2n) is 12.5. The van der Waals surface area contributed by atoms with Gasteiger partial charge in [0.25, 0.3) is 0 Å². The van der Waals surface area contributed by atoms with Crippen LogP contribution < -0.4 is 0 Å². The Balaban J connectivity index is 1.31. The topological polar surface area (TPSA) is 56.7 Å². The maximum absolute atomic E-state index is 6.36. The minimum absolute atomic E-state index is 0.603. The molecule has 0 aliphatic rings. The van der Waals surface area contributed by atoms with Gasteiger partial charge in [0.1, 0.15) is 11.2 Å². The Morgan fingerprint density at radius 3 is 1.64 bits per heavy atom. The first-order valence-corrected chi connectivity index (χ1v) is 16.7. The zero-order valence-corrected chi connectivity index (χ0v) is 26.9. The van der Waals surface area contributed by atoms with Gasteiger partial charge < -0.3 is 8.98 Å². The van der Waals surface area contributed by atoms with Gasteiger partial charge in [-0.1, -0.05) is 133 Å². The van der Waals surface area contributed by atoms with Crippen molar-refractivity contribution in [2.75, 3.05) is 0 Å². The maximum Gasteiger partial charge on any atom is 0.166 e. The molecule has 50 heavy (non-hydrogen) atoms. The van der Waals surface area contributed by atoms with Crippen LogP contribution in [0.5, 0.6) is 0 Å². The van der Waals surface area contributed by atoms with Crippen LogP contribution in [0.1, 0.15) is 0 Å². The van der Waals surface area contributed by atoms with Gasteiger partial charge in [-0.2, -0.15) is 0 Å². The molecule has 0 aliphatic heterocycles. The summed E-state index contributed by atoms with van der Waals surface area (Å²) in [5.41, 5.74) is 9.87. The number of para-hydroxylation sites is 2. The van der Waals surface area contributed by atoms with Crippen molar-refractivity contribution in [1.29, 1.82) is 0 Å². The van der Waals surface area contributed by atoms with Gasteiger partial charge in [0.15, 0.2) is 17.5 Å². The third-order valence-electron chi connectivity index (χ3n) is 9.46. The molecule has 7 aromatic carbocycles. The second kappa shape index (κ2) is 11.4. The molecule has 3 heterocycles. The fourth-order valence-corrected chi connectivity index (χ4v) is 7.10. The van der Waals surface area contributed by atoms with E-state index in [0.29, 0.717) is 17.5 Å². The first kappa shape index (κ1) is 28.2. The standard InChI is InChI=1S/C45H28N4O/c1-4-14-29(15-5-1)32-24-25-39(37(26-32)45-47-43(30-16-6-2-7-17-30)46-44(48-45)31-18-8-3-9-19-31)49-38-22-12-10-20-33(38)35-28-42-36(27-40(35)49)34-21-11-13-23-41(34)50-42/h1-28H. The van der Waals surface area contributed by atoms with Crippen LogP contribution in [-0.2, 0) is 0 Å². The summed E-state index contributed by atoms with van der Waals surface area (Å²) in [6, 6.07) is 58.6. The molecule has 0 fully saturated rings. The number of nitrogens with zero attached hydrogens (tertiary/aromatic N) is 4. The summed E-state index contributed by atoms with van der Waals surface area (Å²) in [5, 5.41) is 4.44. The Morgan fingerprint density at radius 1 is 0.360 bits per heavy atom. The molecule has 5 heteroatoms. The molecule has 5 nitrogen and oxygen atoms in total. The van der Waals surface area contributed by atoms with Crippen molar-refractivity contribution in [1.82, 2.24) is 19.5 Å². The minimum Gasteiger partial charge on any atom is -0.456 e. The molecule has 234 valence electrons. The van der Waals surface area contributed by atoms with Crippen molar-refractivity contribution in [3.63, 3.8) is 0 Å². The maximum atomic E-state index is 6.36. The largest absolute Gasteiger partial charge is 0.456 e. The summed E-state index contributed by atoms with van der Waals surface area (Å²) in [6.07, 6.45) is 0. The Hall–Kier alpha value is -6.85. The molecular weight excluding hydrogens is 613 g/mol. The molecule has 0 atom stereocenters. The Labute approximate surface area is 287 Å². The normalized spacial score (nSPS) is 11.6. The van der Waals surface area contributed by atoms with Gasteiger partial charge in [-0.05, 0) is 47.5 Å². The molecule has 0 N–H and O–H groups in total. The lowest BCUT2D eigenvalue weighted by Crippen LogP contribution is -2.04. The molecule has 10 rings (SSSR count). The number of hydrogen-bond donors (Lipinski definition) is 0. The van der Waals surface area contributed by atoms with Crippen LogP contribution in [0.4, 0.5) is 0 Å². The minimum atomic E-state index is 0.603. The van der Waals surface area contributed by atoms with E-state index in [0.717, 1.165) is 77.2 Å². The van der Waals surface area contributed by atoms with Crippen LogP contribution in [0.15, 0.2) is 174 Å². The van der Waals surface area contributed by atoms with Gasteiger partial charge >= 0.3 is 0 Å². The highest BCUT2D eigenvalue weighted by molar-refractivity contribution is 6.17. The molecule has 0 saturated carbocycles. The van der Waals surface area contributed by atoms with E-state index in [1.165, 1.54) is 0 Å². The van der Waals surface area contributed by atoms with Crippen molar-refractivity contribution in [2.24, 2.45) is 0 Å². The fourth-order valence-electron chi connectivity index (χ4n) is 7.10. The smallest absolute Gasteiger partial charge is 0.166 e. The van der Waals surface area contributed by atoms with Crippen LogP contribution in [0.25, 0.3) is 94.7 Å². The molecule has 0 unspecified atom stereocenters. The molecule has 0 saturated heterocycles. The van der Waals surface area contributed by atoms with Gasteiger partial charge in [-0.15, -0.1) is 0 Å². The lowest BCUT2D eigenvalue weighted by molar-refractivity contribution is 0.669. The van der Waals surface area contributed by atoms with Gasteiger partial charge in [0, 0.05) is 38.2 Å². The van der Waals surface area contributed by atoms with E-state index in [2.05, 4.69) is 95.6 Å². The SMILES string of the molecule is c1ccc(-c2ccc(-n3c4ccccc4c4cc5oc6ccccc6c5cc43)c(-c3nc(-c4ccccc4)nc(-c4ccccc4)n3)c2)cc1. The van der Waals surface area contributed by atoms with Crippen molar-refractivity contribution >= 4 is 43.7 Å². The molecule has 0 bridgehead atoms. The molecule has 0 spiro atoms. The lowest BCUT2D eigenvalue weighted by atomic mass is 10.0. The van der Waals surface area contributed by atoms with Crippen LogP contribution >= 0.6 is 0 Å². The predicted octanol–water partition coefficient (Wildman–Crippen LogP) is 11.5. The second-order valence-corrected chi connectivity index (χ2v) is 12.5. The summed E-state index contributed by atoms with van der Waals surface area (Å²) < 4.78 is 8.71. The molecule has 0 aliphatic carbocycles. The number of aromatic nitrogens is 4. The summed E-state index contributed by atoms with van der Waals surface area (Å²) in [5.74, 6) is 1.85. The van der Waals surface area contributed by atoms with E-state index >= 15 is 0 Å². The highest BCUT2D eigenvalue weighted by atomic mass is 16.3. The van der Waals surface area contributed by atoms with Gasteiger partial charge in [-0.25, -0.2) is 15.0 Å². The molecule has 0 amide bonds. The van der Waals surface area contributed by atoms with Crippen molar-refractivity contribution in [2.45, 2.75) is 0 Å². The fraction of sp³-hybridized carbons (Fsp3) is 0. The Kier molecular flexibility index (Phi) is 6.42. The van der Waals surface area contributed by atoms with Crippen molar-refractivity contribution in [3.8, 4) is 51.0 Å². The number of furan rings is 1. The van der Waals surface area contributed by atoms with Crippen molar-refractivity contribution in [3.05, 3.63) is 170 Å². The van der Waals surface area contributed by atoms with E-state index in [4.69, 9.17) is 19.4 Å². The highest BCUT2D eigenvalue weighted by Crippen LogP contribution is 2.41. The lowest BCUT2D eigenvalue weighted by Gasteiger charge is -2.16. The first-order valence-electron chi connectivity index (χ1n) is 16.7. The molecule has 3 aromatic heterocycles. The number of benzene rings is 7. The van der Waals surface area contributed by atoms with E-state index in [1.807, 2.05) is 78.9 Å². The Morgan fingerprint density at radius 2 is 0.940 bits per heavy atom. The Bertz CT molecular complexity index is 2800. The first-order chi connectivity index (χ1) is 24.8. The summed E-state index contributed by atoms with van der Waals surface area (Å²) >= 11 is 0.